The average Bonchev–Trinajstić information content (AvgIpc) is 3.04. The van der Waals surface area contributed by atoms with E-state index >= 15 is 0 Å². The topological polar surface area (TPSA) is 72.0 Å². The molecule has 0 radical (unpaired) electrons. The Kier molecular flexibility index (Phi) is 4.99. The Hall–Kier alpha value is -2.45. The van der Waals surface area contributed by atoms with Crippen LogP contribution in [-0.2, 0) is 10.0 Å². The van der Waals surface area contributed by atoms with Gasteiger partial charge in [-0.15, -0.1) is 0 Å². The lowest BCUT2D eigenvalue weighted by Crippen LogP contribution is -2.30. The summed E-state index contributed by atoms with van der Waals surface area (Å²) in [5.74, 6) is 0. The van der Waals surface area contributed by atoms with Crippen LogP contribution in [0.5, 0.6) is 0 Å². The van der Waals surface area contributed by atoms with Crippen molar-refractivity contribution in [3.63, 3.8) is 0 Å². The molecule has 0 aliphatic heterocycles. The van der Waals surface area contributed by atoms with Crippen molar-refractivity contribution in [3.05, 3.63) is 95.3 Å². The molecule has 0 spiro atoms. The number of hydrogen-bond acceptors (Lipinski definition) is 5. The smallest absolute Gasteiger partial charge is 0.231 e. The predicted molar refractivity (Wildman–Crippen MR) is 119 cm³/mol. The third-order valence-corrected chi connectivity index (χ3v) is 8.00. The Labute approximate surface area is 183 Å². The monoisotopic (exact) mass is 453 g/mol. The fraction of sp³-hybridized carbons (Fsp3) is 0.0909. The molecule has 1 aliphatic carbocycles. The number of rotatable bonds is 5. The van der Waals surface area contributed by atoms with E-state index in [4.69, 9.17) is 11.6 Å². The first-order valence-electron chi connectivity index (χ1n) is 9.26. The van der Waals surface area contributed by atoms with E-state index < -0.39 is 16.1 Å². The fourth-order valence-corrected chi connectivity index (χ4v) is 6.39. The van der Waals surface area contributed by atoms with Gasteiger partial charge in [-0.25, -0.2) is 23.1 Å². The molecule has 1 aliphatic rings. The van der Waals surface area contributed by atoms with Crippen LogP contribution in [0.25, 0.3) is 10.8 Å². The van der Waals surface area contributed by atoms with E-state index in [0.29, 0.717) is 10.2 Å². The number of sulfonamides is 1. The van der Waals surface area contributed by atoms with Crippen molar-refractivity contribution in [3.8, 4) is 0 Å². The molecule has 1 N–H and O–H groups in total. The van der Waals surface area contributed by atoms with Gasteiger partial charge in [-0.3, -0.25) is 0 Å². The minimum absolute atomic E-state index is 0.176. The molecule has 0 unspecified atom stereocenters. The van der Waals surface area contributed by atoms with Crippen molar-refractivity contribution in [2.75, 3.05) is 0 Å². The van der Waals surface area contributed by atoms with Crippen molar-refractivity contribution in [2.45, 2.75) is 21.3 Å². The third kappa shape index (κ3) is 3.48. The number of benzene rings is 3. The molecule has 3 aromatic carbocycles. The Morgan fingerprint density at radius 2 is 1.53 bits per heavy atom. The summed E-state index contributed by atoms with van der Waals surface area (Å²) >= 11 is 7.38. The number of thioether (sulfide) groups is 1. The minimum Gasteiger partial charge on any atom is -0.231 e. The molecule has 150 valence electrons. The molecule has 5 rings (SSSR count). The Bertz CT molecular complexity index is 1320. The summed E-state index contributed by atoms with van der Waals surface area (Å²) in [6.07, 6.45) is 3.37. The van der Waals surface area contributed by atoms with E-state index in [1.165, 1.54) is 23.9 Å². The minimum atomic E-state index is -3.76. The maximum atomic E-state index is 13.2. The van der Waals surface area contributed by atoms with Gasteiger partial charge < -0.3 is 0 Å². The predicted octanol–water partition coefficient (Wildman–Crippen LogP) is 5.15. The third-order valence-electron chi connectivity index (χ3n) is 5.09. The number of aromatic nitrogens is 2. The van der Waals surface area contributed by atoms with Gasteiger partial charge in [-0.1, -0.05) is 59.8 Å². The SMILES string of the molecule is O=S(=O)(N[C@@H]1c2cccc3cccc(c23)[C@H]1Sc1ncccn1)c1ccc(Cl)cc1. The van der Waals surface area contributed by atoms with Crippen molar-refractivity contribution in [2.24, 2.45) is 0 Å². The molecule has 0 fully saturated rings. The van der Waals surface area contributed by atoms with Crippen LogP contribution in [0.1, 0.15) is 22.4 Å². The first kappa shape index (κ1) is 19.5. The second kappa shape index (κ2) is 7.67. The van der Waals surface area contributed by atoms with Gasteiger partial charge in [0.05, 0.1) is 16.2 Å². The fourth-order valence-electron chi connectivity index (χ4n) is 3.80. The van der Waals surface area contributed by atoms with Crippen LogP contribution in [0.3, 0.4) is 0 Å². The van der Waals surface area contributed by atoms with Crippen molar-refractivity contribution >= 4 is 44.2 Å². The number of nitrogens with zero attached hydrogens (tertiary/aromatic N) is 2. The molecule has 0 bridgehead atoms. The molecule has 4 aromatic rings. The van der Waals surface area contributed by atoms with E-state index in [2.05, 4.69) is 14.7 Å². The maximum Gasteiger partial charge on any atom is 0.241 e. The van der Waals surface area contributed by atoms with Crippen LogP contribution in [0, 0.1) is 0 Å². The number of nitrogens with one attached hydrogen (secondary N) is 1. The van der Waals surface area contributed by atoms with Crippen LogP contribution in [0.4, 0.5) is 0 Å². The summed E-state index contributed by atoms with van der Waals surface area (Å²) in [5.41, 5.74) is 2.03. The van der Waals surface area contributed by atoms with Crippen LogP contribution in [-0.4, -0.2) is 18.4 Å². The molecule has 0 amide bonds. The molecule has 2 atom stereocenters. The molecule has 1 heterocycles. The maximum absolute atomic E-state index is 13.2. The largest absolute Gasteiger partial charge is 0.241 e. The van der Waals surface area contributed by atoms with Crippen LogP contribution >= 0.6 is 23.4 Å². The lowest BCUT2D eigenvalue weighted by atomic mass is 10.1. The average molecular weight is 454 g/mol. The molecule has 1 aromatic heterocycles. The van der Waals surface area contributed by atoms with Crippen molar-refractivity contribution < 1.29 is 8.42 Å². The summed E-state index contributed by atoms with van der Waals surface area (Å²) in [6.45, 7) is 0. The lowest BCUT2D eigenvalue weighted by molar-refractivity contribution is 0.557. The van der Waals surface area contributed by atoms with Crippen LogP contribution < -0.4 is 4.72 Å². The highest BCUT2D eigenvalue weighted by Crippen LogP contribution is 2.52. The molecular formula is C22H16ClN3O2S2. The lowest BCUT2D eigenvalue weighted by Gasteiger charge is -2.22. The van der Waals surface area contributed by atoms with Gasteiger partial charge in [-0.2, -0.15) is 0 Å². The summed E-state index contributed by atoms with van der Waals surface area (Å²) < 4.78 is 29.3. The Balaban J connectivity index is 1.59. The van der Waals surface area contributed by atoms with E-state index in [9.17, 15) is 8.42 Å². The quantitative estimate of drug-likeness (QED) is 0.423. The van der Waals surface area contributed by atoms with Gasteiger partial charge in [0.2, 0.25) is 10.0 Å². The van der Waals surface area contributed by atoms with E-state index in [1.54, 1.807) is 30.6 Å². The van der Waals surface area contributed by atoms with Gasteiger partial charge in [-0.05, 0) is 52.2 Å². The van der Waals surface area contributed by atoms with Gasteiger partial charge in [0.1, 0.15) is 0 Å². The Morgan fingerprint density at radius 3 is 2.23 bits per heavy atom. The highest BCUT2D eigenvalue weighted by Gasteiger charge is 2.38. The zero-order valence-electron chi connectivity index (χ0n) is 15.6. The summed E-state index contributed by atoms with van der Waals surface area (Å²) in [4.78, 5) is 8.83. The van der Waals surface area contributed by atoms with Crippen molar-refractivity contribution in [1.82, 2.24) is 14.7 Å². The number of halogens is 1. The molecule has 30 heavy (non-hydrogen) atoms. The van der Waals surface area contributed by atoms with Gasteiger partial charge in [0.25, 0.3) is 0 Å². The standard InChI is InChI=1S/C22H16ClN3O2S2/c23-15-8-10-16(11-9-15)30(27,28)26-20-17-6-1-4-14-5-2-7-18(19(14)17)21(20)29-22-24-12-3-13-25-22/h1-13,20-21,26H/t20-,21-/m1/s1. The summed E-state index contributed by atoms with van der Waals surface area (Å²) in [5, 5.41) is 3.05. The highest BCUT2D eigenvalue weighted by atomic mass is 35.5. The van der Waals surface area contributed by atoms with Gasteiger partial charge in [0.15, 0.2) is 5.16 Å². The zero-order chi connectivity index (χ0) is 20.7. The number of hydrogen-bond donors (Lipinski definition) is 1. The Morgan fingerprint density at radius 1 is 0.867 bits per heavy atom. The second-order valence-corrected chi connectivity index (χ2v) is 10.2. The van der Waals surface area contributed by atoms with Crippen LogP contribution in [0.15, 0.2) is 89.2 Å². The summed E-state index contributed by atoms with van der Waals surface area (Å²) in [7, 11) is -3.76. The molecule has 5 nitrogen and oxygen atoms in total. The molecule has 8 heteroatoms. The second-order valence-electron chi connectivity index (χ2n) is 6.92. The first-order valence-corrected chi connectivity index (χ1v) is 12.0. The molecule has 0 saturated heterocycles. The van der Waals surface area contributed by atoms with Gasteiger partial charge in [0, 0.05) is 17.4 Å². The van der Waals surface area contributed by atoms with Crippen LogP contribution in [0.2, 0.25) is 5.02 Å². The van der Waals surface area contributed by atoms with E-state index in [-0.39, 0.29) is 10.1 Å². The molecule has 0 saturated carbocycles. The zero-order valence-corrected chi connectivity index (χ0v) is 18.0. The van der Waals surface area contributed by atoms with Crippen molar-refractivity contribution in [1.29, 1.82) is 0 Å². The van der Waals surface area contributed by atoms with E-state index in [1.807, 2.05) is 36.4 Å². The molecular weight excluding hydrogens is 438 g/mol. The van der Waals surface area contributed by atoms with E-state index in [0.717, 1.165) is 21.9 Å². The normalized spacial score (nSPS) is 18.0. The first-order chi connectivity index (χ1) is 14.5. The van der Waals surface area contributed by atoms with Gasteiger partial charge >= 0.3 is 0 Å². The highest BCUT2D eigenvalue weighted by molar-refractivity contribution is 7.99. The summed E-state index contributed by atoms with van der Waals surface area (Å²) in [6, 6.07) is 19.5.